The van der Waals surface area contributed by atoms with Gasteiger partial charge in [0.25, 0.3) is 0 Å². The Bertz CT molecular complexity index is 1730. The Morgan fingerprint density at radius 1 is 0.778 bits per heavy atom. The number of nitrogens with zero attached hydrogens (tertiary/aromatic N) is 1. The highest BCUT2D eigenvalue weighted by molar-refractivity contribution is 6.30. The zero-order valence-corrected chi connectivity index (χ0v) is 20.2. The van der Waals surface area contributed by atoms with E-state index in [4.69, 9.17) is 17.3 Å². The Hall–Kier alpha value is -4.34. The molecule has 0 bridgehead atoms. The minimum Gasteiger partial charge on any atom is -0.366 e. The number of primary amides is 1. The van der Waals surface area contributed by atoms with Crippen molar-refractivity contribution in [3.8, 4) is 22.3 Å². The number of hydrogen-bond acceptors (Lipinski definition) is 1. The summed E-state index contributed by atoms with van der Waals surface area (Å²) in [6.07, 6.45) is 0. The van der Waals surface area contributed by atoms with E-state index in [2.05, 4.69) is 65.2 Å². The third-order valence-electron chi connectivity index (χ3n) is 6.67. The van der Waals surface area contributed by atoms with E-state index in [1.807, 2.05) is 48.5 Å². The molecule has 6 rings (SSSR count). The van der Waals surface area contributed by atoms with Crippen molar-refractivity contribution >= 4 is 39.3 Å². The molecule has 1 aromatic heterocycles. The molecule has 0 aliphatic heterocycles. The molecule has 1 heterocycles. The van der Waals surface area contributed by atoms with E-state index < -0.39 is 5.91 Å². The van der Waals surface area contributed by atoms with Crippen LogP contribution in [0.4, 0.5) is 0 Å². The van der Waals surface area contributed by atoms with Crippen molar-refractivity contribution < 1.29 is 4.79 Å². The normalized spacial score (nSPS) is 11.2. The van der Waals surface area contributed by atoms with Crippen molar-refractivity contribution in [3.63, 3.8) is 0 Å². The van der Waals surface area contributed by atoms with E-state index >= 15 is 0 Å². The van der Waals surface area contributed by atoms with Gasteiger partial charge in [0.2, 0.25) is 5.91 Å². The summed E-state index contributed by atoms with van der Waals surface area (Å²) >= 11 is 6.12. The largest absolute Gasteiger partial charge is 0.366 e. The molecule has 36 heavy (non-hydrogen) atoms. The van der Waals surface area contributed by atoms with Crippen molar-refractivity contribution in [1.29, 1.82) is 0 Å². The van der Waals surface area contributed by atoms with Crippen LogP contribution in [0.25, 0.3) is 44.1 Å². The van der Waals surface area contributed by atoms with Crippen LogP contribution in [0.2, 0.25) is 5.02 Å². The summed E-state index contributed by atoms with van der Waals surface area (Å²) in [5.74, 6) is -0.445. The van der Waals surface area contributed by atoms with Crippen molar-refractivity contribution in [2.75, 3.05) is 0 Å². The number of rotatable bonds is 5. The molecule has 6 aromatic rings. The van der Waals surface area contributed by atoms with Crippen LogP contribution in [0, 0.1) is 6.07 Å². The zero-order valence-electron chi connectivity index (χ0n) is 19.4. The molecule has 0 spiro atoms. The van der Waals surface area contributed by atoms with Gasteiger partial charge in [0.05, 0.1) is 11.0 Å². The van der Waals surface area contributed by atoms with Crippen LogP contribution in [-0.2, 0) is 6.54 Å². The lowest BCUT2D eigenvalue weighted by Crippen LogP contribution is -2.11. The fraction of sp³-hybridized carbons (Fsp3) is 0.0312. The average Bonchev–Trinajstić information content (AvgIpc) is 3.22. The summed E-state index contributed by atoms with van der Waals surface area (Å²) in [6, 6.07) is 39.9. The van der Waals surface area contributed by atoms with Gasteiger partial charge in [-0.2, -0.15) is 0 Å². The first-order chi connectivity index (χ1) is 17.6. The average molecular weight is 486 g/mol. The van der Waals surface area contributed by atoms with E-state index in [1.165, 1.54) is 16.7 Å². The molecule has 1 radical (unpaired) electrons. The highest BCUT2D eigenvalue weighted by Gasteiger charge is 2.18. The Kier molecular flexibility index (Phi) is 5.55. The van der Waals surface area contributed by atoms with Gasteiger partial charge in [0, 0.05) is 27.9 Å². The number of carbonyl (C=O) groups is 1. The first-order valence-corrected chi connectivity index (χ1v) is 12.1. The van der Waals surface area contributed by atoms with Crippen LogP contribution < -0.4 is 5.73 Å². The molecule has 0 atom stereocenters. The number of amides is 1. The summed E-state index contributed by atoms with van der Waals surface area (Å²) < 4.78 is 2.26. The topological polar surface area (TPSA) is 48.0 Å². The van der Waals surface area contributed by atoms with Crippen LogP contribution >= 0.6 is 11.6 Å². The van der Waals surface area contributed by atoms with Crippen LogP contribution in [0.15, 0.2) is 109 Å². The summed E-state index contributed by atoms with van der Waals surface area (Å²) in [7, 11) is 0. The maximum absolute atomic E-state index is 12.4. The minimum atomic E-state index is -0.445. The third-order valence-corrected chi connectivity index (χ3v) is 6.92. The number of halogens is 1. The Morgan fingerprint density at radius 3 is 2.31 bits per heavy atom. The predicted molar refractivity (Wildman–Crippen MR) is 148 cm³/mol. The van der Waals surface area contributed by atoms with E-state index in [1.54, 1.807) is 6.07 Å². The molecule has 0 unspecified atom stereocenters. The maximum atomic E-state index is 12.4. The highest BCUT2D eigenvalue weighted by Crippen LogP contribution is 2.36. The molecule has 0 aliphatic rings. The number of carbonyl (C=O) groups excluding carboxylic acids is 1. The second-order valence-electron chi connectivity index (χ2n) is 8.83. The third kappa shape index (κ3) is 3.84. The standard InChI is InChI=1S/C32H22ClN2O/c33-25-16-13-21(14-17-25)23-15-18-27-30(19-23)35(29-12-6-11-28(31(27)29)32(34)36)20-24-9-4-5-10-26(24)22-7-2-1-3-8-22/h1-17,19H,20H2,(H2,34,36). The molecular formula is C32H22ClN2O. The van der Waals surface area contributed by atoms with Gasteiger partial charge in [-0.15, -0.1) is 0 Å². The summed E-state index contributed by atoms with van der Waals surface area (Å²) in [4.78, 5) is 12.4. The van der Waals surface area contributed by atoms with E-state index in [-0.39, 0.29) is 0 Å². The van der Waals surface area contributed by atoms with Crippen LogP contribution in [0.3, 0.4) is 0 Å². The molecule has 0 fully saturated rings. The second kappa shape index (κ2) is 9.03. The number of hydrogen-bond donors (Lipinski definition) is 1. The molecule has 5 aromatic carbocycles. The van der Waals surface area contributed by atoms with Crippen LogP contribution in [0.1, 0.15) is 15.9 Å². The summed E-state index contributed by atoms with van der Waals surface area (Å²) in [5.41, 5.74) is 13.8. The van der Waals surface area contributed by atoms with Gasteiger partial charge in [-0.1, -0.05) is 84.4 Å². The van der Waals surface area contributed by atoms with E-state index in [9.17, 15) is 4.79 Å². The van der Waals surface area contributed by atoms with Gasteiger partial charge in [-0.25, -0.2) is 0 Å². The van der Waals surface area contributed by atoms with Crippen LogP contribution in [-0.4, -0.2) is 10.5 Å². The SMILES string of the molecule is NC(=O)c1cccc2c1c1[c]cc(-c3ccc(Cl)cc3)cc1n2Cc1ccccc1-c1ccccc1. The Labute approximate surface area is 214 Å². The van der Waals surface area contributed by atoms with Crippen molar-refractivity contribution in [3.05, 3.63) is 131 Å². The monoisotopic (exact) mass is 485 g/mol. The molecule has 0 saturated heterocycles. The van der Waals surface area contributed by atoms with Gasteiger partial charge in [0.1, 0.15) is 0 Å². The smallest absolute Gasteiger partial charge is 0.249 e. The van der Waals surface area contributed by atoms with Gasteiger partial charge in [0.15, 0.2) is 0 Å². The molecule has 4 heteroatoms. The summed E-state index contributed by atoms with van der Waals surface area (Å²) in [5, 5.41) is 2.41. The second-order valence-corrected chi connectivity index (χ2v) is 9.27. The van der Waals surface area contributed by atoms with Gasteiger partial charge in [-0.3, -0.25) is 4.79 Å². The van der Waals surface area contributed by atoms with E-state index in [0.29, 0.717) is 17.1 Å². The zero-order chi connectivity index (χ0) is 24.6. The quantitative estimate of drug-likeness (QED) is 0.267. The number of aromatic nitrogens is 1. The van der Waals surface area contributed by atoms with E-state index in [0.717, 1.165) is 32.9 Å². The first-order valence-electron chi connectivity index (χ1n) is 11.8. The Balaban J connectivity index is 1.60. The lowest BCUT2D eigenvalue weighted by molar-refractivity contribution is 0.100. The molecule has 2 N–H and O–H groups in total. The van der Waals surface area contributed by atoms with Crippen molar-refractivity contribution in [2.24, 2.45) is 5.73 Å². The lowest BCUT2D eigenvalue weighted by atomic mass is 9.99. The molecule has 0 aliphatic carbocycles. The van der Waals surface area contributed by atoms with Crippen molar-refractivity contribution in [2.45, 2.75) is 6.54 Å². The van der Waals surface area contributed by atoms with Gasteiger partial charge in [-0.05, 0) is 70.3 Å². The molecule has 0 saturated carbocycles. The highest BCUT2D eigenvalue weighted by atomic mass is 35.5. The van der Waals surface area contributed by atoms with Crippen molar-refractivity contribution in [1.82, 2.24) is 4.57 Å². The fourth-order valence-electron chi connectivity index (χ4n) is 4.97. The van der Waals surface area contributed by atoms with Gasteiger partial charge < -0.3 is 10.3 Å². The maximum Gasteiger partial charge on any atom is 0.249 e. The molecular weight excluding hydrogens is 464 g/mol. The lowest BCUT2D eigenvalue weighted by Gasteiger charge is -2.13. The fourth-order valence-corrected chi connectivity index (χ4v) is 5.09. The summed E-state index contributed by atoms with van der Waals surface area (Å²) in [6.45, 7) is 0.630. The Morgan fingerprint density at radius 2 is 1.53 bits per heavy atom. The molecule has 1 amide bonds. The number of fused-ring (bicyclic) bond motifs is 3. The van der Waals surface area contributed by atoms with Crippen LogP contribution in [0.5, 0.6) is 0 Å². The molecule has 3 nitrogen and oxygen atoms in total. The first kappa shape index (κ1) is 22.1. The minimum absolute atomic E-state index is 0.445. The number of benzene rings is 5. The van der Waals surface area contributed by atoms with Gasteiger partial charge >= 0.3 is 0 Å². The molecule has 173 valence electrons. The predicted octanol–water partition coefficient (Wildman–Crippen LogP) is 7.73. The number of nitrogens with two attached hydrogens (primary N) is 1.